The van der Waals surface area contributed by atoms with Gasteiger partial charge in [-0.05, 0) is 29.8 Å². The van der Waals surface area contributed by atoms with Gasteiger partial charge in [0.15, 0.2) is 5.13 Å². The fourth-order valence-electron chi connectivity index (χ4n) is 0.804. The van der Waals surface area contributed by atoms with Crippen LogP contribution in [-0.2, 0) is 10.2 Å². The van der Waals surface area contributed by atoms with Crippen LogP contribution in [0.5, 0.6) is 0 Å². The number of carbonyl (C=O) groups is 1. The monoisotopic (exact) mass is 264 g/mol. The number of nitrogen functional groups attached to an aromatic ring is 1. The van der Waals surface area contributed by atoms with Crippen LogP contribution >= 0.6 is 27.3 Å². The van der Waals surface area contributed by atoms with Crippen LogP contribution in [0.2, 0.25) is 0 Å². The third kappa shape index (κ3) is 1.83. The molecule has 0 amide bonds. The average molecular weight is 265 g/mol. The Balaban J connectivity index is 3.21. The van der Waals surface area contributed by atoms with Gasteiger partial charge in [-0.2, -0.15) is 0 Å². The molecule has 1 aromatic heterocycles. The highest BCUT2D eigenvalue weighted by Crippen LogP contribution is 2.35. The molecular formula is C7H9BrN2O2S. The van der Waals surface area contributed by atoms with E-state index in [4.69, 9.17) is 10.8 Å². The Morgan fingerprint density at radius 2 is 2.23 bits per heavy atom. The van der Waals surface area contributed by atoms with Crippen molar-refractivity contribution >= 4 is 38.4 Å². The highest BCUT2D eigenvalue weighted by Gasteiger charge is 2.34. The molecule has 0 saturated carbocycles. The Kier molecular flexibility index (Phi) is 2.63. The second-order valence-corrected chi connectivity index (χ2v) is 5.45. The van der Waals surface area contributed by atoms with Gasteiger partial charge in [0, 0.05) is 0 Å². The van der Waals surface area contributed by atoms with E-state index >= 15 is 0 Å². The molecule has 0 saturated heterocycles. The fourth-order valence-corrected chi connectivity index (χ4v) is 2.60. The van der Waals surface area contributed by atoms with Gasteiger partial charge in [0.05, 0.1) is 9.48 Å². The van der Waals surface area contributed by atoms with Gasteiger partial charge in [-0.25, -0.2) is 4.98 Å². The maximum atomic E-state index is 10.9. The van der Waals surface area contributed by atoms with Crippen molar-refractivity contribution in [3.05, 3.63) is 9.48 Å². The van der Waals surface area contributed by atoms with Gasteiger partial charge in [0.1, 0.15) is 5.41 Å². The molecule has 0 fully saturated rings. The van der Waals surface area contributed by atoms with Gasteiger partial charge < -0.3 is 10.8 Å². The van der Waals surface area contributed by atoms with Gasteiger partial charge in [-0.1, -0.05) is 11.3 Å². The lowest BCUT2D eigenvalue weighted by atomic mass is 9.90. The van der Waals surface area contributed by atoms with E-state index < -0.39 is 11.4 Å². The Morgan fingerprint density at radius 1 is 1.69 bits per heavy atom. The van der Waals surface area contributed by atoms with Gasteiger partial charge in [0.2, 0.25) is 0 Å². The second kappa shape index (κ2) is 3.26. The van der Waals surface area contributed by atoms with E-state index in [-0.39, 0.29) is 0 Å². The zero-order valence-corrected chi connectivity index (χ0v) is 9.57. The molecule has 4 nitrogen and oxygen atoms in total. The van der Waals surface area contributed by atoms with Crippen molar-refractivity contribution in [2.75, 3.05) is 5.73 Å². The summed E-state index contributed by atoms with van der Waals surface area (Å²) in [5, 5.41) is 9.30. The zero-order valence-electron chi connectivity index (χ0n) is 7.17. The van der Waals surface area contributed by atoms with Crippen LogP contribution in [0.1, 0.15) is 19.5 Å². The van der Waals surface area contributed by atoms with Crippen LogP contribution in [0.15, 0.2) is 3.79 Å². The zero-order chi connectivity index (χ0) is 10.2. The van der Waals surface area contributed by atoms with Crippen molar-refractivity contribution in [2.24, 2.45) is 0 Å². The number of nitrogens with two attached hydrogens (primary N) is 1. The first kappa shape index (κ1) is 10.5. The van der Waals surface area contributed by atoms with Crippen molar-refractivity contribution in [3.8, 4) is 0 Å². The summed E-state index contributed by atoms with van der Waals surface area (Å²) in [4.78, 5) is 14.9. The Labute approximate surface area is 87.9 Å². The summed E-state index contributed by atoms with van der Waals surface area (Å²) >= 11 is 4.47. The molecule has 0 aliphatic carbocycles. The molecule has 72 valence electrons. The van der Waals surface area contributed by atoms with E-state index in [9.17, 15) is 4.79 Å². The summed E-state index contributed by atoms with van der Waals surface area (Å²) in [6.07, 6.45) is 0. The van der Waals surface area contributed by atoms with Crippen LogP contribution in [0.3, 0.4) is 0 Å². The van der Waals surface area contributed by atoms with Crippen molar-refractivity contribution < 1.29 is 9.90 Å². The maximum absolute atomic E-state index is 10.9. The van der Waals surface area contributed by atoms with E-state index in [1.807, 2.05) is 0 Å². The highest BCUT2D eigenvalue weighted by atomic mass is 79.9. The number of anilines is 1. The van der Waals surface area contributed by atoms with Crippen molar-refractivity contribution in [3.63, 3.8) is 0 Å². The lowest BCUT2D eigenvalue weighted by molar-refractivity contribution is -0.142. The molecule has 0 aliphatic rings. The van der Waals surface area contributed by atoms with Crippen molar-refractivity contribution in [2.45, 2.75) is 19.3 Å². The minimum absolute atomic E-state index is 0.371. The number of aliphatic carboxylic acids is 1. The lowest BCUT2D eigenvalue weighted by Crippen LogP contribution is -2.29. The molecule has 13 heavy (non-hydrogen) atoms. The van der Waals surface area contributed by atoms with Gasteiger partial charge >= 0.3 is 5.97 Å². The van der Waals surface area contributed by atoms with E-state index in [1.54, 1.807) is 13.8 Å². The summed E-state index contributed by atoms with van der Waals surface area (Å²) < 4.78 is 0.678. The maximum Gasteiger partial charge on any atom is 0.315 e. The number of aromatic nitrogens is 1. The predicted octanol–water partition coefficient (Wildman–Crippen LogP) is 1.85. The number of carboxylic acid groups (broad SMARTS) is 1. The number of nitrogens with zero attached hydrogens (tertiary/aromatic N) is 1. The normalized spacial score (nSPS) is 11.6. The van der Waals surface area contributed by atoms with E-state index in [2.05, 4.69) is 20.9 Å². The number of rotatable bonds is 2. The summed E-state index contributed by atoms with van der Waals surface area (Å²) in [5.41, 5.74) is 4.93. The second-order valence-electron chi connectivity index (χ2n) is 3.10. The molecule has 0 aliphatic heterocycles. The molecule has 1 heterocycles. The third-order valence-electron chi connectivity index (χ3n) is 1.73. The fraction of sp³-hybridized carbons (Fsp3) is 0.429. The molecule has 6 heteroatoms. The standard InChI is InChI=1S/C7H9BrN2O2S/c1-7(2,5(11)12)3-4(8)13-6(9)10-3/h1-2H3,(H2,9,10)(H,11,12). The first-order valence-corrected chi connectivity index (χ1v) is 5.12. The van der Waals surface area contributed by atoms with Crippen LogP contribution in [0.25, 0.3) is 0 Å². The molecule has 0 radical (unpaired) electrons. The minimum Gasteiger partial charge on any atom is -0.481 e. The molecule has 0 bridgehead atoms. The number of carboxylic acids is 1. The Bertz CT molecular complexity index is 348. The van der Waals surface area contributed by atoms with Crippen molar-refractivity contribution in [1.82, 2.24) is 4.98 Å². The molecule has 1 aromatic rings. The third-order valence-corrected chi connectivity index (χ3v) is 3.26. The van der Waals surface area contributed by atoms with Crippen LogP contribution in [0, 0.1) is 0 Å². The number of thiazole rings is 1. The van der Waals surface area contributed by atoms with Crippen LogP contribution < -0.4 is 5.73 Å². The van der Waals surface area contributed by atoms with Crippen LogP contribution in [-0.4, -0.2) is 16.1 Å². The lowest BCUT2D eigenvalue weighted by Gasteiger charge is -2.16. The minimum atomic E-state index is -1.01. The first-order valence-electron chi connectivity index (χ1n) is 3.51. The average Bonchev–Trinajstić information content (AvgIpc) is 2.30. The quantitative estimate of drug-likeness (QED) is 0.855. The number of hydrogen-bond acceptors (Lipinski definition) is 4. The number of halogens is 1. The first-order chi connectivity index (χ1) is 5.85. The predicted molar refractivity (Wildman–Crippen MR) is 54.9 cm³/mol. The molecular weight excluding hydrogens is 256 g/mol. The molecule has 3 N–H and O–H groups in total. The molecule has 0 aromatic carbocycles. The summed E-state index contributed by atoms with van der Waals surface area (Å²) in [6, 6.07) is 0. The van der Waals surface area contributed by atoms with E-state index in [0.29, 0.717) is 14.6 Å². The van der Waals surface area contributed by atoms with Crippen LogP contribution in [0.4, 0.5) is 5.13 Å². The van der Waals surface area contributed by atoms with Gasteiger partial charge in [-0.15, -0.1) is 0 Å². The van der Waals surface area contributed by atoms with E-state index in [1.165, 1.54) is 11.3 Å². The highest BCUT2D eigenvalue weighted by molar-refractivity contribution is 9.11. The van der Waals surface area contributed by atoms with Crippen molar-refractivity contribution in [1.29, 1.82) is 0 Å². The molecule has 0 unspecified atom stereocenters. The summed E-state index contributed by atoms with van der Waals surface area (Å²) in [5.74, 6) is -0.918. The Morgan fingerprint density at radius 3 is 2.54 bits per heavy atom. The van der Waals surface area contributed by atoms with Gasteiger partial charge in [0.25, 0.3) is 0 Å². The van der Waals surface area contributed by atoms with E-state index in [0.717, 1.165) is 0 Å². The number of hydrogen-bond donors (Lipinski definition) is 2. The summed E-state index contributed by atoms with van der Waals surface area (Å²) in [6.45, 7) is 3.18. The van der Waals surface area contributed by atoms with Gasteiger partial charge in [-0.3, -0.25) is 4.79 Å². The molecule has 0 spiro atoms. The Hall–Kier alpha value is -0.620. The largest absolute Gasteiger partial charge is 0.481 e. The topological polar surface area (TPSA) is 76.2 Å². The molecule has 0 atom stereocenters. The summed E-state index contributed by atoms with van der Waals surface area (Å²) in [7, 11) is 0. The SMILES string of the molecule is CC(C)(C(=O)O)c1nc(N)sc1Br. The smallest absolute Gasteiger partial charge is 0.315 e. The molecule has 1 rings (SSSR count).